The van der Waals surface area contributed by atoms with Gasteiger partial charge in [0.15, 0.2) is 0 Å². The molecule has 1 amide bonds. The van der Waals surface area contributed by atoms with E-state index in [0.29, 0.717) is 5.91 Å². The zero-order valence-electron chi connectivity index (χ0n) is 10.6. The zero-order chi connectivity index (χ0) is 11.6. The SMILES string of the molecule is CCCNC1CCN(C2(C)CCCC2)C1=O. The summed E-state index contributed by atoms with van der Waals surface area (Å²) in [7, 11) is 0. The molecule has 16 heavy (non-hydrogen) atoms. The summed E-state index contributed by atoms with van der Waals surface area (Å²) in [6, 6.07) is 0.0948. The second kappa shape index (κ2) is 4.74. The number of hydrogen-bond acceptors (Lipinski definition) is 2. The molecule has 1 aliphatic carbocycles. The normalized spacial score (nSPS) is 29.0. The first-order chi connectivity index (χ1) is 7.67. The second-order valence-electron chi connectivity index (χ2n) is 5.49. The molecule has 1 N–H and O–H groups in total. The number of nitrogens with one attached hydrogen (secondary N) is 1. The summed E-state index contributed by atoms with van der Waals surface area (Å²) in [5.74, 6) is 0.345. The average Bonchev–Trinajstić information content (AvgIpc) is 2.84. The van der Waals surface area contributed by atoms with Gasteiger partial charge in [-0.25, -0.2) is 0 Å². The Hall–Kier alpha value is -0.570. The van der Waals surface area contributed by atoms with Gasteiger partial charge in [-0.3, -0.25) is 4.79 Å². The van der Waals surface area contributed by atoms with Gasteiger partial charge < -0.3 is 10.2 Å². The predicted octanol–water partition coefficient (Wildman–Crippen LogP) is 1.92. The lowest BCUT2D eigenvalue weighted by Crippen LogP contribution is -2.48. The van der Waals surface area contributed by atoms with Crippen LogP contribution in [0.25, 0.3) is 0 Å². The predicted molar refractivity (Wildman–Crippen MR) is 65.3 cm³/mol. The van der Waals surface area contributed by atoms with Crippen molar-refractivity contribution < 1.29 is 4.79 Å². The van der Waals surface area contributed by atoms with E-state index in [0.717, 1.165) is 25.9 Å². The van der Waals surface area contributed by atoms with E-state index in [9.17, 15) is 4.79 Å². The van der Waals surface area contributed by atoms with Gasteiger partial charge in [0, 0.05) is 12.1 Å². The highest BCUT2D eigenvalue weighted by Crippen LogP contribution is 2.37. The van der Waals surface area contributed by atoms with Crippen molar-refractivity contribution in [3.63, 3.8) is 0 Å². The zero-order valence-corrected chi connectivity index (χ0v) is 10.6. The molecule has 0 aromatic rings. The average molecular weight is 224 g/mol. The minimum Gasteiger partial charge on any atom is -0.336 e. The van der Waals surface area contributed by atoms with Crippen molar-refractivity contribution in [2.24, 2.45) is 0 Å². The van der Waals surface area contributed by atoms with E-state index in [1.807, 2.05) is 0 Å². The van der Waals surface area contributed by atoms with Gasteiger partial charge in [0.2, 0.25) is 5.91 Å². The maximum atomic E-state index is 12.3. The van der Waals surface area contributed by atoms with Gasteiger partial charge >= 0.3 is 0 Å². The molecule has 1 saturated heterocycles. The molecular weight excluding hydrogens is 200 g/mol. The van der Waals surface area contributed by atoms with Crippen molar-refractivity contribution >= 4 is 5.91 Å². The van der Waals surface area contributed by atoms with Crippen LogP contribution in [0.3, 0.4) is 0 Å². The minimum absolute atomic E-state index is 0.0948. The van der Waals surface area contributed by atoms with Crippen molar-refractivity contribution in [2.75, 3.05) is 13.1 Å². The smallest absolute Gasteiger partial charge is 0.240 e. The maximum absolute atomic E-state index is 12.3. The molecule has 1 atom stereocenters. The van der Waals surface area contributed by atoms with Crippen LogP contribution in [-0.2, 0) is 4.79 Å². The van der Waals surface area contributed by atoms with Crippen molar-refractivity contribution in [1.82, 2.24) is 10.2 Å². The number of carbonyl (C=O) groups excluding carboxylic acids is 1. The van der Waals surface area contributed by atoms with Gasteiger partial charge in [0.1, 0.15) is 0 Å². The van der Waals surface area contributed by atoms with Gasteiger partial charge in [-0.15, -0.1) is 0 Å². The first-order valence-corrected chi connectivity index (χ1v) is 6.72. The molecular formula is C13H24N2O. The largest absolute Gasteiger partial charge is 0.336 e. The highest BCUT2D eigenvalue weighted by molar-refractivity contribution is 5.84. The standard InChI is InChI=1S/C13H24N2O/c1-3-9-14-11-6-10-15(12(11)16)13(2)7-4-5-8-13/h11,14H,3-10H2,1-2H3. The summed E-state index contributed by atoms with van der Waals surface area (Å²) in [5, 5.41) is 3.36. The summed E-state index contributed by atoms with van der Waals surface area (Å²) in [6.07, 6.45) is 7.05. The Labute approximate surface area is 98.6 Å². The number of hydrogen-bond donors (Lipinski definition) is 1. The van der Waals surface area contributed by atoms with Crippen molar-refractivity contribution in [2.45, 2.75) is 64.0 Å². The van der Waals surface area contributed by atoms with Crippen molar-refractivity contribution in [3.05, 3.63) is 0 Å². The fourth-order valence-electron chi connectivity index (χ4n) is 3.13. The molecule has 1 aliphatic heterocycles. The molecule has 0 spiro atoms. The van der Waals surface area contributed by atoms with Crippen LogP contribution < -0.4 is 5.32 Å². The Morgan fingerprint density at radius 1 is 1.44 bits per heavy atom. The van der Waals surface area contributed by atoms with Crippen molar-refractivity contribution in [1.29, 1.82) is 0 Å². The third kappa shape index (κ3) is 2.10. The van der Waals surface area contributed by atoms with E-state index < -0.39 is 0 Å². The number of rotatable bonds is 4. The van der Waals surface area contributed by atoms with E-state index in [2.05, 4.69) is 24.1 Å². The monoisotopic (exact) mass is 224 g/mol. The lowest BCUT2D eigenvalue weighted by atomic mass is 9.98. The summed E-state index contributed by atoms with van der Waals surface area (Å²) in [5.41, 5.74) is 0.166. The summed E-state index contributed by atoms with van der Waals surface area (Å²) >= 11 is 0. The lowest BCUT2D eigenvalue weighted by molar-refractivity contribution is -0.134. The third-order valence-electron chi connectivity index (χ3n) is 4.18. The Balaban J connectivity index is 1.96. The van der Waals surface area contributed by atoms with Crippen LogP contribution in [0.1, 0.15) is 52.4 Å². The maximum Gasteiger partial charge on any atom is 0.240 e. The van der Waals surface area contributed by atoms with Crippen LogP contribution >= 0.6 is 0 Å². The highest BCUT2D eigenvalue weighted by Gasteiger charge is 2.43. The Morgan fingerprint density at radius 2 is 2.12 bits per heavy atom. The van der Waals surface area contributed by atoms with Crippen molar-refractivity contribution in [3.8, 4) is 0 Å². The fraction of sp³-hybridized carbons (Fsp3) is 0.923. The van der Waals surface area contributed by atoms with Gasteiger partial charge in [-0.2, -0.15) is 0 Å². The third-order valence-corrected chi connectivity index (χ3v) is 4.18. The lowest BCUT2D eigenvalue weighted by Gasteiger charge is -2.35. The molecule has 2 fully saturated rings. The number of nitrogens with zero attached hydrogens (tertiary/aromatic N) is 1. The van der Waals surface area contributed by atoms with Crippen LogP contribution in [-0.4, -0.2) is 35.5 Å². The molecule has 1 heterocycles. The van der Waals surface area contributed by atoms with E-state index in [-0.39, 0.29) is 11.6 Å². The van der Waals surface area contributed by atoms with Gasteiger partial charge in [0.25, 0.3) is 0 Å². The number of carbonyl (C=O) groups is 1. The molecule has 0 radical (unpaired) electrons. The summed E-state index contributed by atoms with van der Waals surface area (Å²) in [4.78, 5) is 14.4. The molecule has 0 aromatic heterocycles. The van der Waals surface area contributed by atoms with Gasteiger partial charge in [-0.05, 0) is 39.2 Å². The molecule has 0 aromatic carbocycles. The van der Waals surface area contributed by atoms with Crippen LogP contribution in [0.5, 0.6) is 0 Å². The quantitative estimate of drug-likeness (QED) is 0.791. The molecule has 1 saturated carbocycles. The van der Waals surface area contributed by atoms with E-state index >= 15 is 0 Å². The Bertz CT molecular complexity index is 259. The molecule has 2 aliphatic rings. The van der Waals surface area contributed by atoms with E-state index in [4.69, 9.17) is 0 Å². The van der Waals surface area contributed by atoms with E-state index in [1.54, 1.807) is 0 Å². The molecule has 92 valence electrons. The summed E-state index contributed by atoms with van der Waals surface area (Å²) < 4.78 is 0. The van der Waals surface area contributed by atoms with Gasteiger partial charge in [-0.1, -0.05) is 19.8 Å². The van der Waals surface area contributed by atoms with Gasteiger partial charge in [0.05, 0.1) is 6.04 Å². The second-order valence-corrected chi connectivity index (χ2v) is 5.49. The van der Waals surface area contributed by atoms with Crippen LogP contribution in [0.15, 0.2) is 0 Å². The molecule has 3 heteroatoms. The molecule has 3 nitrogen and oxygen atoms in total. The Morgan fingerprint density at radius 3 is 2.75 bits per heavy atom. The fourth-order valence-corrected chi connectivity index (χ4v) is 3.13. The van der Waals surface area contributed by atoms with Crippen LogP contribution in [0, 0.1) is 0 Å². The first-order valence-electron chi connectivity index (χ1n) is 6.72. The minimum atomic E-state index is 0.0948. The molecule has 1 unspecified atom stereocenters. The highest BCUT2D eigenvalue weighted by atomic mass is 16.2. The summed E-state index contributed by atoms with van der Waals surface area (Å²) in [6.45, 7) is 6.32. The first kappa shape index (κ1) is 11.9. The van der Waals surface area contributed by atoms with E-state index in [1.165, 1.54) is 25.7 Å². The van der Waals surface area contributed by atoms with Crippen LogP contribution in [0.4, 0.5) is 0 Å². The number of likely N-dealkylation sites (tertiary alicyclic amines) is 1. The van der Waals surface area contributed by atoms with Crippen LogP contribution in [0.2, 0.25) is 0 Å². The molecule has 0 bridgehead atoms. The number of amides is 1. The molecule has 2 rings (SSSR count). The topological polar surface area (TPSA) is 32.3 Å². The Kier molecular flexibility index (Phi) is 3.53.